The van der Waals surface area contributed by atoms with Gasteiger partial charge in [0.05, 0.1) is 0 Å². The van der Waals surface area contributed by atoms with E-state index in [0.717, 1.165) is 5.56 Å². The molecule has 0 aliphatic rings. The molecule has 5 nitrogen and oxygen atoms in total. The molecule has 3 aromatic rings. The summed E-state index contributed by atoms with van der Waals surface area (Å²) in [4.78, 5) is 8.18. The SMILES string of the molecule is N#Cc1c(-c2cccnc2)nn2cccnc12. The Morgan fingerprint density at radius 1 is 1.24 bits per heavy atom. The molecule has 0 aliphatic carbocycles. The van der Waals surface area contributed by atoms with Crippen molar-refractivity contribution in [3.8, 4) is 17.3 Å². The van der Waals surface area contributed by atoms with Crippen LogP contribution in [0.4, 0.5) is 0 Å². The third-order valence-corrected chi connectivity index (χ3v) is 2.44. The second kappa shape index (κ2) is 3.68. The van der Waals surface area contributed by atoms with Gasteiger partial charge in [-0.25, -0.2) is 9.50 Å². The number of hydrogen-bond donors (Lipinski definition) is 0. The minimum atomic E-state index is 0.471. The van der Waals surface area contributed by atoms with Crippen molar-refractivity contribution in [1.29, 1.82) is 5.26 Å². The summed E-state index contributed by atoms with van der Waals surface area (Å²) in [6.45, 7) is 0. The zero-order valence-corrected chi connectivity index (χ0v) is 8.78. The van der Waals surface area contributed by atoms with Gasteiger partial charge in [-0.2, -0.15) is 10.4 Å². The first-order valence-corrected chi connectivity index (χ1v) is 5.04. The highest BCUT2D eigenvalue weighted by atomic mass is 15.2. The third kappa shape index (κ3) is 1.43. The van der Waals surface area contributed by atoms with E-state index in [9.17, 15) is 5.26 Å². The van der Waals surface area contributed by atoms with Gasteiger partial charge in [-0.3, -0.25) is 4.98 Å². The number of fused-ring (bicyclic) bond motifs is 1. The summed E-state index contributed by atoms with van der Waals surface area (Å²) in [6.07, 6.45) is 6.78. The Labute approximate surface area is 97.0 Å². The van der Waals surface area contributed by atoms with Crippen LogP contribution in [0.3, 0.4) is 0 Å². The summed E-state index contributed by atoms with van der Waals surface area (Å²) < 4.78 is 1.60. The first kappa shape index (κ1) is 9.48. The summed E-state index contributed by atoms with van der Waals surface area (Å²) in [7, 11) is 0. The summed E-state index contributed by atoms with van der Waals surface area (Å²) in [5.41, 5.74) is 2.46. The average molecular weight is 221 g/mol. The van der Waals surface area contributed by atoms with Gasteiger partial charge in [0.1, 0.15) is 17.3 Å². The molecule has 0 aliphatic heterocycles. The van der Waals surface area contributed by atoms with E-state index in [1.807, 2.05) is 12.1 Å². The van der Waals surface area contributed by atoms with Gasteiger partial charge in [-0.05, 0) is 18.2 Å². The second-order valence-electron chi connectivity index (χ2n) is 3.46. The number of pyridine rings is 1. The first-order chi connectivity index (χ1) is 8.40. The normalized spacial score (nSPS) is 10.3. The molecule has 0 amide bonds. The number of hydrogen-bond acceptors (Lipinski definition) is 4. The van der Waals surface area contributed by atoms with Crippen LogP contribution in [0, 0.1) is 11.3 Å². The van der Waals surface area contributed by atoms with Gasteiger partial charge in [0.15, 0.2) is 5.65 Å². The van der Waals surface area contributed by atoms with E-state index in [1.54, 1.807) is 35.4 Å². The largest absolute Gasteiger partial charge is 0.264 e. The number of rotatable bonds is 1. The van der Waals surface area contributed by atoms with E-state index in [2.05, 4.69) is 21.1 Å². The van der Waals surface area contributed by atoms with Crippen LogP contribution >= 0.6 is 0 Å². The summed E-state index contributed by atoms with van der Waals surface area (Å²) in [5, 5.41) is 13.5. The lowest BCUT2D eigenvalue weighted by Crippen LogP contribution is -1.87. The van der Waals surface area contributed by atoms with Crippen molar-refractivity contribution < 1.29 is 0 Å². The van der Waals surface area contributed by atoms with Crippen LogP contribution in [0.15, 0.2) is 43.0 Å². The van der Waals surface area contributed by atoms with Crippen molar-refractivity contribution in [2.45, 2.75) is 0 Å². The maximum Gasteiger partial charge on any atom is 0.173 e. The van der Waals surface area contributed by atoms with E-state index in [1.165, 1.54) is 0 Å². The van der Waals surface area contributed by atoms with Crippen LogP contribution in [0.25, 0.3) is 16.9 Å². The van der Waals surface area contributed by atoms with Crippen LogP contribution in [0.2, 0.25) is 0 Å². The average Bonchev–Trinajstić information content (AvgIpc) is 2.78. The molecule has 0 N–H and O–H groups in total. The molecule has 3 rings (SSSR count). The Morgan fingerprint density at radius 3 is 2.94 bits per heavy atom. The van der Waals surface area contributed by atoms with Crippen LogP contribution < -0.4 is 0 Å². The van der Waals surface area contributed by atoms with Crippen LogP contribution in [-0.2, 0) is 0 Å². The van der Waals surface area contributed by atoms with Crippen molar-refractivity contribution in [3.05, 3.63) is 48.5 Å². The van der Waals surface area contributed by atoms with E-state index in [4.69, 9.17) is 0 Å². The molecule has 5 heteroatoms. The summed E-state index contributed by atoms with van der Waals surface area (Å²) in [5.74, 6) is 0. The quantitative estimate of drug-likeness (QED) is 0.626. The van der Waals surface area contributed by atoms with Gasteiger partial charge >= 0.3 is 0 Å². The van der Waals surface area contributed by atoms with Gasteiger partial charge in [0.2, 0.25) is 0 Å². The van der Waals surface area contributed by atoms with Crippen molar-refractivity contribution in [2.75, 3.05) is 0 Å². The topological polar surface area (TPSA) is 66.9 Å². The lowest BCUT2D eigenvalue weighted by molar-refractivity contribution is 0.943. The van der Waals surface area contributed by atoms with Crippen LogP contribution in [-0.4, -0.2) is 19.6 Å². The van der Waals surface area contributed by atoms with Crippen LogP contribution in [0.5, 0.6) is 0 Å². The minimum Gasteiger partial charge on any atom is -0.264 e. The van der Waals surface area contributed by atoms with E-state index in [0.29, 0.717) is 16.9 Å². The Morgan fingerprint density at radius 2 is 2.18 bits per heavy atom. The molecular formula is C12H7N5. The molecular weight excluding hydrogens is 214 g/mol. The smallest absolute Gasteiger partial charge is 0.173 e. The van der Waals surface area contributed by atoms with Crippen LogP contribution in [0.1, 0.15) is 5.56 Å². The molecule has 0 saturated carbocycles. The third-order valence-electron chi connectivity index (χ3n) is 2.44. The molecule has 0 fully saturated rings. The summed E-state index contributed by atoms with van der Waals surface area (Å²) >= 11 is 0. The number of nitriles is 1. The molecule has 0 spiro atoms. The Bertz CT molecular complexity index is 709. The fraction of sp³-hybridized carbons (Fsp3) is 0. The molecule has 0 unspecified atom stereocenters. The number of nitrogens with zero attached hydrogens (tertiary/aromatic N) is 5. The molecule has 0 aromatic carbocycles. The highest BCUT2D eigenvalue weighted by Gasteiger charge is 2.14. The Balaban J connectivity index is 2.35. The van der Waals surface area contributed by atoms with Gasteiger partial charge in [0.25, 0.3) is 0 Å². The van der Waals surface area contributed by atoms with Gasteiger partial charge in [0, 0.05) is 30.4 Å². The van der Waals surface area contributed by atoms with Crippen molar-refractivity contribution in [1.82, 2.24) is 19.6 Å². The lowest BCUT2D eigenvalue weighted by atomic mass is 10.1. The number of aromatic nitrogens is 4. The highest BCUT2D eigenvalue weighted by Crippen LogP contribution is 2.23. The Kier molecular flexibility index (Phi) is 2.06. The van der Waals surface area contributed by atoms with Crippen molar-refractivity contribution >= 4 is 5.65 Å². The zero-order chi connectivity index (χ0) is 11.7. The van der Waals surface area contributed by atoms with Gasteiger partial charge in [-0.15, -0.1) is 0 Å². The fourth-order valence-corrected chi connectivity index (χ4v) is 1.69. The summed E-state index contributed by atoms with van der Waals surface area (Å²) in [6, 6.07) is 7.60. The molecule has 3 heterocycles. The van der Waals surface area contributed by atoms with Crippen molar-refractivity contribution in [2.24, 2.45) is 0 Å². The highest BCUT2D eigenvalue weighted by molar-refractivity contribution is 5.74. The predicted octanol–water partition coefficient (Wildman–Crippen LogP) is 1.66. The maximum absolute atomic E-state index is 9.20. The molecule has 0 radical (unpaired) electrons. The molecule has 17 heavy (non-hydrogen) atoms. The van der Waals surface area contributed by atoms with Gasteiger partial charge < -0.3 is 0 Å². The molecule has 3 aromatic heterocycles. The van der Waals surface area contributed by atoms with E-state index in [-0.39, 0.29) is 0 Å². The van der Waals surface area contributed by atoms with Crippen molar-refractivity contribution in [3.63, 3.8) is 0 Å². The van der Waals surface area contributed by atoms with E-state index >= 15 is 0 Å². The lowest BCUT2D eigenvalue weighted by Gasteiger charge is -1.93. The second-order valence-corrected chi connectivity index (χ2v) is 3.46. The molecule has 0 saturated heterocycles. The minimum absolute atomic E-state index is 0.471. The predicted molar refractivity (Wildman–Crippen MR) is 60.9 cm³/mol. The standard InChI is InChI=1S/C12H7N5/c13-7-10-11(9-3-1-4-14-8-9)16-17-6-2-5-15-12(10)17/h1-6,8H. The Hall–Kier alpha value is -2.74. The first-order valence-electron chi connectivity index (χ1n) is 5.04. The molecule has 0 atom stereocenters. The fourth-order valence-electron chi connectivity index (χ4n) is 1.69. The maximum atomic E-state index is 9.20. The zero-order valence-electron chi connectivity index (χ0n) is 8.78. The van der Waals surface area contributed by atoms with E-state index < -0.39 is 0 Å². The molecule has 80 valence electrons. The van der Waals surface area contributed by atoms with Gasteiger partial charge in [-0.1, -0.05) is 0 Å². The molecule has 0 bridgehead atoms. The monoisotopic (exact) mass is 221 g/mol.